The molecule has 0 aliphatic rings. The number of ether oxygens (including phenoxy) is 1. The first-order chi connectivity index (χ1) is 6.72. The van der Waals surface area contributed by atoms with Crippen LogP contribution in [0.3, 0.4) is 0 Å². The van der Waals surface area contributed by atoms with E-state index >= 15 is 0 Å². The molecule has 0 saturated carbocycles. The summed E-state index contributed by atoms with van der Waals surface area (Å²) in [5.74, 6) is -0.945. The molecule has 0 spiro atoms. The first-order valence-electron chi connectivity index (χ1n) is 4.12. The molecule has 1 heterocycles. The predicted octanol–water partition coefficient (Wildman–Crippen LogP) is 3.72. The lowest BCUT2D eigenvalue weighted by atomic mass is 10.2. The van der Waals surface area contributed by atoms with Crippen molar-refractivity contribution in [1.82, 2.24) is 0 Å². The number of hydrogen-bond donors (Lipinski definition) is 1. The van der Waals surface area contributed by atoms with Gasteiger partial charge in [0.15, 0.2) is 10.6 Å². The topological polar surface area (TPSA) is 46.5 Å². The van der Waals surface area contributed by atoms with E-state index in [2.05, 4.69) is 0 Å². The molecule has 0 amide bonds. The van der Waals surface area contributed by atoms with Gasteiger partial charge in [-0.3, -0.25) is 0 Å². The average molecular weight is 269 g/mol. The average Bonchev–Trinajstić information content (AvgIpc) is 2.30. The molecule has 1 aromatic rings. The van der Waals surface area contributed by atoms with Crippen LogP contribution in [0.25, 0.3) is 0 Å². The van der Waals surface area contributed by atoms with Crippen LogP contribution in [0.4, 0.5) is 0 Å². The summed E-state index contributed by atoms with van der Waals surface area (Å²) in [6, 6.07) is 0. The second-order valence-electron chi connectivity index (χ2n) is 3.87. The van der Waals surface area contributed by atoms with Gasteiger partial charge >= 0.3 is 5.97 Å². The van der Waals surface area contributed by atoms with Crippen molar-refractivity contribution in [1.29, 1.82) is 0 Å². The lowest BCUT2D eigenvalue weighted by Gasteiger charge is -2.18. The maximum Gasteiger partial charge on any atom is 0.352 e. The highest BCUT2D eigenvalue weighted by Gasteiger charge is 2.25. The molecule has 0 atom stereocenters. The number of halogens is 2. The molecule has 1 rings (SSSR count). The third kappa shape index (κ3) is 3.00. The van der Waals surface area contributed by atoms with Gasteiger partial charge in [-0.05, 0) is 20.8 Å². The fourth-order valence-corrected chi connectivity index (χ4v) is 2.11. The van der Waals surface area contributed by atoms with Crippen LogP contribution >= 0.6 is 34.5 Å². The highest BCUT2D eigenvalue weighted by molar-refractivity contribution is 7.19. The molecule has 0 aliphatic heterocycles. The molecular formula is C9H10Cl2O3S. The summed E-state index contributed by atoms with van der Waals surface area (Å²) in [5, 5.41) is 9.47. The molecule has 3 nitrogen and oxygen atoms in total. The summed E-state index contributed by atoms with van der Waals surface area (Å²) in [6.07, 6.45) is 0. The molecular weight excluding hydrogens is 259 g/mol. The van der Waals surface area contributed by atoms with E-state index in [0.29, 0.717) is 0 Å². The van der Waals surface area contributed by atoms with Crippen molar-refractivity contribution in [2.75, 3.05) is 0 Å². The van der Waals surface area contributed by atoms with Crippen molar-refractivity contribution in [2.24, 2.45) is 0 Å². The third-order valence-corrected chi connectivity index (χ3v) is 3.32. The van der Waals surface area contributed by atoms with E-state index in [9.17, 15) is 9.90 Å². The second-order valence-corrected chi connectivity index (χ2v) is 5.87. The largest absolute Gasteiger partial charge is 0.505 e. The van der Waals surface area contributed by atoms with E-state index in [1.165, 1.54) is 0 Å². The third-order valence-electron chi connectivity index (χ3n) is 1.37. The Kier molecular flexibility index (Phi) is 3.53. The summed E-state index contributed by atoms with van der Waals surface area (Å²) >= 11 is 12.2. The molecule has 0 saturated heterocycles. The van der Waals surface area contributed by atoms with Gasteiger partial charge in [-0.15, -0.1) is 11.3 Å². The summed E-state index contributed by atoms with van der Waals surface area (Å²) in [4.78, 5) is 11.6. The maximum absolute atomic E-state index is 11.6. The fourth-order valence-electron chi connectivity index (χ4n) is 0.838. The van der Waals surface area contributed by atoms with Crippen molar-refractivity contribution < 1.29 is 14.6 Å². The standard InChI is InChI=1S/C9H10Cl2O3S/c1-9(2,3)14-8(13)6-5(12)4(10)7(11)15-6/h12H,1-3H3. The zero-order valence-electron chi connectivity index (χ0n) is 8.43. The van der Waals surface area contributed by atoms with Gasteiger partial charge in [0.2, 0.25) is 0 Å². The van der Waals surface area contributed by atoms with Gasteiger partial charge in [0.25, 0.3) is 0 Å². The van der Waals surface area contributed by atoms with Gasteiger partial charge in [0.1, 0.15) is 15.0 Å². The Labute approximate surface area is 102 Å². The van der Waals surface area contributed by atoms with Crippen molar-refractivity contribution in [3.63, 3.8) is 0 Å². The summed E-state index contributed by atoms with van der Waals surface area (Å²) in [5.41, 5.74) is -0.619. The van der Waals surface area contributed by atoms with Crippen LogP contribution in [0.15, 0.2) is 0 Å². The van der Waals surface area contributed by atoms with Crippen LogP contribution in [-0.2, 0) is 4.74 Å². The van der Waals surface area contributed by atoms with E-state index in [0.717, 1.165) is 11.3 Å². The molecule has 1 aromatic heterocycles. The summed E-state index contributed by atoms with van der Waals surface area (Å²) in [7, 11) is 0. The van der Waals surface area contributed by atoms with Crippen LogP contribution in [0.1, 0.15) is 30.4 Å². The van der Waals surface area contributed by atoms with E-state index in [4.69, 9.17) is 27.9 Å². The molecule has 0 aromatic carbocycles. The zero-order valence-corrected chi connectivity index (χ0v) is 10.8. The van der Waals surface area contributed by atoms with Crippen LogP contribution in [0, 0.1) is 0 Å². The number of aromatic hydroxyl groups is 1. The Balaban J connectivity index is 2.98. The highest BCUT2D eigenvalue weighted by Crippen LogP contribution is 2.42. The van der Waals surface area contributed by atoms with Gasteiger partial charge in [0.05, 0.1) is 0 Å². The zero-order chi connectivity index (χ0) is 11.8. The van der Waals surface area contributed by atoms with Gasteiger partial charge in [-0.2, -0.15) is 0 Å². The highest BCUT2D eigenvalue weighted by atomic mass is 35.5. The maximum atomic E-state index is 11.6. The van der Waals surface area contributed by atoms with Crippen LogP contribution in [-0.4, -0.2) is 16.7 Å². The number of carbonyl (C=O) groups excluding carboxylic acids is 1. The molecule has 84 valence electrons. The van der Waals surface area contributed by atoms with E-state index < -0.39 is 11.6 Å². The molecule has 15 heavy (non-hydrogen) atoms. The second kappa shape index (κ2) is 4.20. The van der Waals surface area contributed by atoms with E-state index in [1.807, 2.05) is 0 Å². The van der Waals surface area contributed by atoms with Crippen molar-refractivity contribution in [2.45, 2.75) is 26.4 Å². The molecule has 0 fully saturated rings. The van der Waals surface area contributed by atoms with Gasteiger partial charge in [0, 0.05) is 0 Å². The van der Waals surface area contributed by atoms with Gasteiger partial charge in [-0.25, -0.2) is 4.79 Å². The number of esters is 1. The molecule has 6 heteroatoms. The fraction of sp³-hybridized carbons (Fsp3) is 0.444. The number of carbonyl (C=O) groups is 1. The molecule has 0 unspecified atom stereocenters. The Morgan fingerprint density at radius 3 is 2.27 bits per heavy atom. The number of rotatable bonds is 1. The Bertz CT molecular complexity index is 393. The monoisotopic (exact) mass is 268 g/mol. The van der Waals surface area contributed by atoms with Crippen molar-refractivity contribution >= 4 is 40.5 Å². The minimum atomic E-state index is -0.626. The summed E-state index contributed by atoms with van der Waals surface area (Å²) < 4.78 is 5.24. The van der Waals surface area contributed by atoms with Crippen molar-refractivity contribution in [3.05, 3.63) is 14.2 Å². The van der Waals surface area contributed by atoms with Crippen molar-refractivity contribution in [3.8, 4) is 5.75 Å². The molecule has 1 N–H and O–H groups in total. The summed E-state index contributed by atoms with van der Waals surface area (Å²) in [6.45, 7) is 5.20. The predicted molar refractivity (Wildman–Crippen MR) is 61.2 cm³/mol. The smallest absolute Gasteiger partial charge is 0.352 e. The minimum absolute atomic E-state index is 0.0116. The lowest BCUT2D eigenvalue weighted by molar-refractivity contribution is 0.00728. The van der Waals surface area contributed by atoms with Gasteiger partial charge < -0.3 is 9.84 Å². The Morgan fingerprint density at radius 2 is 1.93 bits per heavy atom. The van der Waals surface area contributed by atoms with Crippen LogP contribution < -0.4 is 0 Å². The Hall–Kier alpha value is -0.450. The first-order valence-corrected chi connectivity index (χ1v) is 5.69. The number of thiophene rings is 1. The molecule has 0 bridgehead atoms. The van der Waals surface area contributed by atoms with E-state index in [1.54, 1.807) is 20.8 Å². The SMILES string of the molecule is CC(C)(C)OC(=O)c1sc(Cl)c(Cl)c1O. The Morgan fingerprint density at radius 1 is 1.40 bits per heavy atom. The van der Waals surface area contributed by atoms with Crippen LogP contribution in [0.5, 0.6) is 5.75 Å². The minimum Gasteiger partial charge on any atom is -0.505 e. The normalized spacial score (nSPS) is 11.5. The number of hydrogen-bond acceptors (Lipinski definition) is 4. The lowest BCUT2D eigenvalue weighted by Crippen LogP contribution is -2.23. The molecule has 0 aliphatic carbocycles. The first kappa shape index (κ1) is 12.6. The molecule has 0 radical (unpaired) electrons. The van der Waals surface area contributed by atoms with E-state index in [-0.39, 0.29) is 20.0 Å². The quantitative estimate of drug-likeness (QED) is 0.790. The van der Waals surface area contributed by atoms with Crippen LogP contribution in [0.2, 0.25) is 9.36 Å². The van der Waals surface area contributed by atoms with Gasteiger partial charge in [-0.1, -0.05) is 23.2 Å².